The lowest BCUT2D eigenvalue weighted by atomic mass is 10.2. The molecule has 0 aliphatic heterocycles. The monoisotopic (exact) mass is 410 g/mol. The van der Waals surface area contributed by atoms with Crippen molar-refractivity contribution in [3.8, 4) is 0 Å². The van der Waals surface area contributed by atoms with Crippen molar-refractivity contribution in [2.24, 2.45) is 0 Å². The van der Waals surface area contributed by atoms with Crippen LogP contribution in [0.25, 0.3) is 0 Å². The van der Waals surface area contributed by atoms with E-state index >= 15 is 0 Å². The number of unbranched alkanes of at least 4 members (excludes halogenated alkanes) is 1. The summed E-state index contributed by atoms with van der Waals surface area (Å²) in [4.78, 5) is 29.3. The summed E-state index contributed by atoms with van der Waals surface area (Å²) in [5, 5.41) is 3.80. The normalized spacial score (nSPS) is 11.0. The number of hydroxylamine groups is 2. The number of alkyl carbamates (subject to hydrolysis) is 1. The number of carbonyl (C=O) groups excluding carboxylic acids is 2. The van der Waals surface area contributed by atoms with Gasteiger partial charge in [-0.2, -0.15) is 5.06 Å². The summed E-state index contributed by atoms with van der Waals surface area (Å²) in [6.07, 6.45) is 0.760. The fourth-order valence-electron chi connectivity index (χ4n) is 2.09. The fourth-order valence-corrected chi connectivity index (χ4v) is 2.09. The minimum absolute atomic E-state index is 0.216. The van der Waals surface area contributed by atoms with Crippen molar-refractivity contribution >= 4 is 12.2 Å². The maximum atomic E-state index is 12.2. The largest absolute Gasteiger partial charge is 0.445 e. The van der Waals surface area contributed by atoms with Crippen LogP contribution in [-0.2, 0) is 25.7 Å². The van der Waals surface area contributed by atoms with Crippen molar-refractivity contribution in [1.29, 1.82) is 0 Å². The predicted molar refractivity (Wildman–Crippen MR) is 109 cm³/mol. The SMILES string of the molecule is CCCCON(CCOCCNC(=O)OCc1ccccc1)C(=O)OC(C)(C)C. The molecule has 0 radical (unpaired) electrons. The lowest BCUT2D eigenvalue weighted by molar-refractivity contribution is -0.154. The van der Waals surface area contributed by atoms with E-state index in [2.05, 4.69) is 5.32 Å². The number of hydrogen-bond donors (Lipinski definition) is 1. The highest BCUT2D eigenvalue weighted by atomic mass is 16.7. The van der Waals surface area contributed by atoms with Gasteiger partial charge in [-0.15, -0.1) is 0 Å². The predicted octanol–water partition coefficient (Wildman–Crippen LogP) is 3.90. The maximum absolute atomic E-state index is 12.2. The summed E-state index contributed by atoms with van der Waals surface area (Å²) in [5.41, 5.74) is 0.318. The molecule has 0 aromatic heterocycles. The van der Waals surface area contributed by atoms with E-state index in [1.54, 1.807) is 20.8 Å². The van der Waals surface area contributed by atoms with E-state index in [9.17, 15) is 9.59 Å². The van der Waals surface area contributed by atoms with Crippen LogP contribution in [0.2, 0.25) is 0 Å². The van der Waals surface area contributed by atoms with Crippen LogP contribution < -0.4 is 5.32 Å². The second kappa shape index (κ2) is 13.8. The first-order chi connectivity index (χ1) is 13.8. The third kappa shape index (κ3) is 12.7. The minimum atomic E-state index is -0.603. The molecular formula is C21H34N2O6. The molecule has 0 saturated heterocycles. The van der Waals surface area contributed by atoms with E-state index in [4.69, 9.17) is 19.0 Å². The second-order valence-corrected chi connectivity index (χ2v) is 7.37. The summed E-state index contributed by atoms with van der Waals surface area (Å²) in [6, 6.07) is 9.44. The molecule has 8 nitrogen and oxygen atoms in total. The summed E-state index contributed by atoms with van der Waals surface area (Å²) >= 11 is 0. The number of nitrogens with zero attached hydrogens (tertiary/aromatic N) is 1. The molecule has 8 heteroatoms. The topological polar surface area (TPSA) is 86.3 Å². The zero-order valence-corrected chi connectivity index (χ0v) is 17.9. The molecule has 29 heavy (non-hydrogen) atoms. The molecule has 1 aromatic carbocycles. The van der Waals surface area contributed by atoms with Gasteiger partial charge in [-0.3, -0.25) is 4.84 Å². The van der Waals surface area contributed by atoms with Gasteiger partial charge in [0.2, 0.25) is 0 Å². The number of amides is 2. The Bertz CT molecular complexity index is 589. The van der Waals surface area contributed by atoms with Crippen LogP contribution in [0.3, 0.4) is 0 Å². The van der Waals surface area contributed by atoms with Gasteiger partial charge in [-0.1, -0.05) is 43.7 Å². The Hall–Kier alpha value is -2.32. The highest BCUT2D eigenvalue weighted by molar-refractivity contribution is 5.67. The van der Waals surface area contributed by atoms with Crippen molar-refractivity contribution in [1.82, 2.24) is 10.4 Å². The molecule has 164 valence electrons. The Labute approximate surface area is 173 Å². The molecule has 1 rings (SSSR count). The summed E-state index contributed by atoms with van der Waals surface area (Å²) < 4.78 is 15.9. The molecule has 0 saturated carbocycles. The van der Waals surface area contributed by atoms with Crippen molar-refractivity contribution in [2.45, 2.75) is 52.7 Å². The number of hydrogen-bond acceptors (Lipinski definition) is 6. The van der Waals surface area contributed by atoms with Gasteiger partial charge >= 0.3 is 12.2 Å². The van der Waals surface area contributed by atoms with E-state index in [0.29, 0.717) is 13.2 Å². The van der Waals surface area contributed by atoms with Crippen LogP contribution in [0, 0.1) is 0 Å². The quantitative estimate of drug-likeness (QED) is 0.415. The standard InChI is InChI=1S/C21H34N2O6/c1-5-6-14-28-23(20(25)29-21(2,3)4)13-16-26-15-12-22-19(24)27-17-18-10-8-7-9-11-18/h7-11H,5-6,12-17H2,1-4H3,(H,22,24). The molecule has 2 amide bonds. The average molecular weight is 411 g/mol. The van der Waals surface area contributed by atoms with Crippen LogP contribution >= 0.6 is 0 Å². The molecule has 1 aromatic rings. The van der Waals surface area contributed by atoms with Crippen molar-refractivity contribution in [3.05, 3.63) is 35.9 Å². The first-order valence-corrected chi connectivity index (χ1v) is 9.97. The number of benzene rings is 1. The number of carbonyl (C=O) groups is 2. The van der Waals surface area contributed by atoms with Crippen molar-refractivity contribution in [3.63, 3.8) is 0 Å². The molecule has 0 spiro atoms. The first kappa shape index (κ1) is 24.7. The second-order valence-electron chi connectivity index (χ2n) is 7.37. The molecule has 0 aliphatic rings. The molecule has 0 atom stereocenters. The zero-order chi connectivity index (χ0) is 21.5. The maximum Gasteiger partial charge on any atom is 0.434 e. The molecule has 0 aliphatic carbocycles. The van der Waals surface area contributed by atoms with E-state index in [1.807, 2.05) is 37.3 Å². The molecule has 0 bridgehead atoms. The van der Waals surface area contributed by atoms with Crippen LogP contribution in [0.5, 0.6) is 0 Å². The molecule has 0 fully saturated rings. The summed E-state index contributed by atoms with van der Waals surface area (Å²) in [6.45, 7) is 9.17. The first-order valence-electron chi connectivity index (χ1n) is 9.97. The van der Waals surface area contributed by atoms with Gasteiger partial charge in [-0.05, 0) is 32.8 Å². The Morgan fingerprint density at radius 3 is 2.45 bits per heavy atom. The summed E-state index contributed by atoms with van der Waals surface area (Å²) in [7, 11) is 0. The van der Waals surface area contributed by atoms with Gasteiger partial charge in [0.25, 0.3) is 0 Å². The highest BCUT2D eigenvalue weighted by Gasteiger charge is 2.22. The molecule has 1 N–H and O–H groups in total. The average Bonchev–Trinajstić information content (AvgIpc) is 2.67. The Balaban J connectivity index is 2.21. The van der Waals surface area contributed by atoms with Crippen molar-refractivity contribution in [2.75, 3.05) is 32.9 Å². The van der Waals surface area contributed by atoms with E-state index in [1.165, 1.54) is 5.06 Å². The molecule has 0 unspecified atom stereocenters. The lowest BCUT2D eigenvalue weighted by Gasteiger charge is -2.26. The smallest absolute Gasteiger partial charge is 0.434 e. The molecular weight excluding hydrogens is 376 g/mol. The third-order valence-corrected chi connectivity index (χ3v) is 3.51. The van der Waals surface area contributed by atoms with Crippen LogP contribution in [0.1, 0.15) is 46.1 Å². The van der Waals surface area contributed by atoms with Gasteiger partial charge in [0, 0.05) is 6.54 Å². The Kier molecular flexibility index (Phi) is 11.8. The van der Waals surface area contributed by atoms with Crippen molar-refractivity contribution < 1.29 is 28.6 Å². The lowest BCUT2D eigenvalue weighted by Crippen LogP contribution is -2.39. The third-order valence-electron chi connectivity index (χ3n) is 3.51. The van der Waals surface area contributed by atoms with E-state index in [-0.39, 0.29) is 26.4 Å². The van der Waals surface area contributed by atoms with Crippen LogP contribution in [-0.4, -0.2) is 55.8 Å². The van der Waals surface area contributed by atoms with Gasteiger partial charge in [0.1, 0.15) is 12.2 Å². The number of nitrogens with one attached hydrogen (secondary N) is 1. The van der Waals surface area contributed by atoms with Gasteiger partial charge in [-0.25, -0.2) is 9.59 Å². The highest BCUT2D eigenvalue weighted by Crippen LogP contribution is 2.10. The van der Waals surface area contributed by atoms with Gasteiger partial charge < -0.3 is 19.5 Å². The van der Waals surface area contributed by atoms with Crippen LogP contribution in [0.15, 0.2) is 30.3 Å². The Morgan fingerprint density at radius 1 is 1.07 bits per heavy atom. The van der Waals surface area contributed by atoms with E-state index < -0.39 is 17.8 Å². The number of ether oxygens (including phenoxy) is 3. The zero-order valence-electron chi connectivity index (χ0n) is 17.9. The van der Waals surface area contributed by atoms with Gasteiger partial charge in [0.15, 0.2) is 0 Å². The van der Waals surface area contributed by atoms with Gasteiger partial charge in [0.05, 0.1) is 26.4 Å². The number of rotatable bonds is 12. The Morgan fingerprint density at radius 2 is 1.79 bits per heavy atom. The molecule has 0 heterocycles. The fraction of sp³-hybridized carbons (Fsp3) is 0.619. The van der Waals surface area contributed by atoms with E-state index in [0.717, 1.165) is 18.4 Å². The minimum Gasteiger partial charge on any atom is -0.445 e. The van der Waals surface area contributed by atoms with Crippen LogP contribution in [0.4, 0.5) is 9.59 Å². The summed E-state index contributed by atoms with van der Waals surface area (Å²) in [5.74, 6) is 0.